The molecule has 0 aliphatic rings. The molecule has 1 rings (SSSR count). The van der Waals surface area contributed by atoms with Crippen molar-refractivity contribution in [3.8, 4) is 0 Å². The fraction of sp³-hybridized carbons (Fsp3) is 0.455. The lowest BCUT2D eigenvalue weighted by molar-refractivity contribution is -0.157. The van der Waals surface area contributed by atoms with Crippen molar-refractivity contribution in [2.45, 2.75) is 20.4 Å². The predicted molar refractivity (Wildman–Crippen MR) is 58.7 cm³/mol. The van der Waals surface area contributed by atoms with Crippen LogP contribution in [-0.2, 0) is 16.1 Å². The average Bonchev–Trinajstić information content (AvgIpc) is 2.68. The third-order valence-electron chi connectivity index (χ3n) is 2.49. The van der Waals surface area contributed by atoms with E-state index in [9.17, 15) is 9.59 Å². The smallest absolute Gasteiger partial charge is 0.318 e. The van der Waals surface area contributed by atoms with Gasteiger partial charge in [-0.05, 0) is 26.0 Å². The van der Waals surface area contributed by atoms with Crippen LogP contribution in [-0.4, -0.2) is 33.9 Å². The molecular formula is C11H16N2O3. The third-order valence-corrected chi connectivity index (χ3v) is 2.49. The maximum absolute atomic E-state index is 11.9. The molecule has 0 spiro atoms. The summed E-state index contributed by atoms with van der Waals surface area (Å²) in [6.07, 6.45) is 1.76. The Morgan fingerprint density at radius 3 is 2.56 bits per heavy atom. The molecule has 0 aliphatic heterocycles. The summed E-state index contributed by atoms with van der Waals surface area (Å²) >= 11 is 0. The minimum absolute atomic E-state index is 0.378. The van der Waals surface area contributed by atoms with E-state index in [0.717, 1.165) is 5.69 Å². The molecular weight excluding hydrogens is 208 g/mol. The topological polar surface area (TPSA) is 73.4 Å². The van der Waals surface area contributed by atoms with Gasteiger partial charge in [0.1, 0.15) is 5.41 Å². The van der Waals surface area contributed by atoms with Crippen molar-refractivity contribution in [3.05, 3.63) is 24.0 Å². The van der Waals surface area contributed by atoms with Crippen molar-refractivity contribution in [1.29, 1.82) is 0 Å². The number of nitrogens with zero attached hydrogens (tertiary/aromatic N) is 1. The summed E-state index contributed by atoms with van der Waals surface area (Å²) in [5.41, 5.74) is -0.515. The number of rotatable bonds is 4. The van der Waals surface area contributed by atoms with Gasteiger partial charge in [-0.3, -0.25) is 9.59 Å². The zero-order chi connectivity index (χ0) is 12.3. The minimum atomic E-state index is -1.39. The SMILES string of the molecule is CN(Cc1ccc[nH]1)C(=O)C(C)(C)C(=O)O. The van der Waals surface area contributed by atoms with E-state index in [4.69, 9.17) is 5.11 Å². The number of hydrogen-bond acceptors (Lipinski definition) is 2. The van der Waals surface area contributed by atoms with Gasteiger partial charge in [0.05, 0.1) is 6.54 Å². The van der Waals surface area contributed by atoms with Gasteiger partial charge in [0.2, 0.25) is 5.91 Å². The minimum Gasteiger partial charge on any atom is -0.480 e. The van der Waals surface area contributed by atoms with E-state index in [-0.39, 0.29) is 0 Å². The van der Waals surface area contributed by atoms with Gasteiger partial charge < -0.3 is 15.0 Å². The largest absolute Gasteiger partial charge is 0.480 e. The van der Waals surface area contributed by atoms with Gasteiger partial charge in [0.25, 0.3) is 0 Å². The number of carboxylic acids is 1. The molecule has 0 aromatic carbocycles. The maximum atomic E-state index is 11.9. The number of aromatic amines is 1. The summed E-state index contributed by atoms with van der Waals surface area (Å²) in [4.78, 5) is 27.1. The monoisotopic (exact) mass is 224 g/mol. The van der Waals surface area contributed by atoms with Crippen LogP contribution < -0.4 is 0 Å². The van der Waals surface area contributed by atoms with Crippen molar-refractivity contribution < 1.29 is 14.7 Å². The van der Waals surface area contributed by atoms with Crippen LogP contribution in [0, 0.1) is 5.41 Å². The highest BCUT2D eigenvalue weighted by Crippen LogP contribution is 2.19. The Morgan fingerprint density at radius 2 is 2.12 bits per heavy atom. The molecule has 0 atom stereocenters. The number of aliphatic carboxylic acids is 1. The summed E-state index contributed by atoms with van der Waals surface area (Å²) in [6.45, 7) is 3.19. The Bertz CT molecular complexity index is 382. The number of amides is 1. The van der Waals surface area contributed by atoms with E-state index in [0.29, 0.717) is 6.54 Å². The van der Waals surface area contributed by atoms with Gasteiger partial charge in [-0.1, -0.05) is 0 Å². The highest BCUT2D eigenvalue weighted by molar-refractivity contribution is 6.00. The fourth-order valence-corrected chi connectivity index (χ4v) is 1.36. The van der Waals surface area contributed by atoms with Crippen molar-refractivity contribution in [1.82, 2.24) is 9.88 Å². The molecule has 0 saturated carbocycles. The molecule has 1 aromatic rings. The van der Waals surface area contributed by atoms with Crippen LogP contribution in [0.25, 0.3) is 0 Å². The van der Waals surface area contributed by atoms with E-state index in [1.165, 1.54) is 18.7 Å². The van der Waals surface area contributed by atoms with Crippen molar-refractivity contribution in [2.75, 3.05) is 7.05 Å². The number of aromatic nitrogens is 1. The van der Waals surface area contributed by atoms with Gasteiger partial charge in [-0.25, -0.2) is 0 Å². The predicted octanol–water partition coefficient (Wildman–Crippen LogP) is 1.08. The van der Waals surface area contributed by atoms with Crippen LogP contribution in [0.1, 0.15) is 19.5 Å². The molecule has 1 aromatic heterocycles. The molecule has 5 nitrogen and oxygen atoms in total. The highest BCUT2D eigenvalue weighted by atomic mass is 16.4. The zero-order valence-corrected chi connectivity index (χ0v) is 9.65. The van der Waals surface area contributed by atoms with Crippen molar-refractivity contribution >= 4 is 11.9 Å². The van der Waals surface area contributed by atoms with Gasteiger partial charge in [0.15, 0.2) is 0 Å². The quantitative estimate of drug-likeness (QED) is 0.752. The maximum Gasteiger partial charge on any atom is 0.318 e. The second kappa shape index (κ2) is 4.38. The van der Waals surface area contributed by atoms with E-state index in [1.807, 2.05) is 12.1 Å². The number of carboxylic acid groups (broad SMARTS) is 1. The van der Waals surface area contributed by atoms with Crippen LogP contribution >= 0.6 is 0 Å². The lowest BCUT2D eigenvalue weighted by Crippen LogP contribution is -2.43. The molecule has 2 N–H and O–H groups in total. The molecule has 0 aliphatic carbocycles. The molecule has 5 heteroatoms. The molecule has 0 bridgehead atoms. The first-order chi connectivity index (χ1) is 7.35. The zero-order valence-electron chi connectivity index (χ0n) is 9.65. The summed E-state index contributed by atoms with van der Waals surface area (Å²) < 4.78 is 0. The van der Waals surface area contributed by atoms with E-state index < -0.39 is 17.3 Å². The molecule has 1 heterocycles. The lowest BCUT2D eigenvalue weighted by Gasteiger charge is -2.25. The molecule has 88 valence electrons. The normalized spacial score (nSPS) is 11.2. The highest BCUT2D eigenvalue weighted by Gasteiger charge is 2.38. The Balaban J connectivity index is 2.71. The van der Waals surface area contributed by atoms with E-state index in [1.54, 1.807) is 13.2 Å². The molecule has 16 heavy (non-hydrogen) atoms. The van der Waals surface area contributed by atoms with Crippen LogP contribution in [0.5, 0.6) is 0 Å². The van der Waals surface area contributed by atoms with E-state index >= 15 is 0 Å². The van der Waals surface area contributed by atoms with Gasteiger partial charge >= 0.3 is 5.97 Å². The molecule has 0 radical (unpaired) electrons. The summed E-state index contributed by atoms with van der Waals surface area (Å²) in [6, 6.07) is 3.67. The van der Waals surface area contributed by atoms with Crippen LogP contribution in [0.15, 0.2) is 18.3 Å². The van der Waals surface area contributed by atoms with Crippen LogP contribution in [0.2, 0.25) is 0 Å². The molecule has 0 fully saturated rings. The van der Waals surface area contributed by atoms with Crippen molar-refractivity contribution in [2.24, 2.45) is 5.41 Å². The lowest BCUT2D eigenvalue weighted by atomic mass is 9.92. The first-order valence-corrected chi connectivity index (χ1v) is 4.97. The van der Waals surface area contributed by atoms with Gasteiger partial charge in [-0.2, -0.15) is 0 Å². The number of H-pyrrole nitrogens is 1. The third kappa shape index (κ3) is 2.42. The van der Waals surface area contributed by atoms with Gasteiger partial charge in [-0.15, -0.1) is 0 Å². The van der Waals surface area contributed by atoms with Crippen LogP contribution in [0.4, 0.5) is 0 Å². The number of carbonyl (C=O) groups excluding carboxylic acids is 1. The Kier molecular flexibility index (Phi) is 3.37. The number of carbonyl (C=O) groups is 2. The first-order valence-electron chi connectivity index (χ1n) is 4.97. The summed E-state index contributed by atoms with van der Waals surface area (Å²) in [5.74, 6) is -1.52. The second-order valence-electron chi connectivity index (χ2n) is 4.29. The second-order valence-corrected chi connectivity index (χ2v) is 4.29. The van der Waals surface area contributed by atoms with E-state index in [2.05, 4.69) is 4.98 Å². The molecule has 0 saturated heterocycles. The Labute approximate surface area is 94.1 Å². The molecule has 1 amide bonds. The number of hydrogen-bond donors (Lipinski definition) is 2. The van der Waals surface area contributed by atoms with Gasteiger partial charge in [0, 0.05) is 18.9 Å². The van der Waals surface area contributed by atoms with Crippen LogP contribution in [0.3, 0.4) is 0 Å². The summed E-state index contributed by atoms with van der Waals surface area (Å²) in [5, 5.41) is 8.93. The molecule has 0 unspecified atom stereocenters. The average molecular weight is 224 g/mol. The number of nitrogens with one attached hydrogen (secondary N) is 1. The first kappa shape index (κ1) is 12.3. The standard InChI is InChI=1S/C11H16N2O3/c1-11(2,10(15)16)9(14)13(3)7-8-5-4-6-12-8/h4-6,12H,7H2,1-3H3,(H,15,16). The fourth-order valence-electron chi connectivity index (χ4n) is 1.36. The van der Waals surface area contributed by atoms with Crippen molar-refractivity contribution in [3.63, 3.8) is 0 Å². The summed E-state index contributed by atoms with van der Waals surface area (Å²) in [7, 11) is 1.59. The Morgan fingerprint density at radius 1 is 1.50 bits per heavy atom. The Hall–Kier alpha value is -1.78.